The van der Waals surface area contributed by atoms with Crippen molar-refractivity contribution in [2.75, 3.05) is 0 Å². The predicted octanol–water partition coefficient (Wildman–Crippen LogP) is 9.89. The van der Waals surface area contributed by atoms with Crippen LogP contribution in [-0.2, 0) is 4.57 Å². The Hall–Kier alpha value is -6.73. The maximum Gasteiger partial charge on any atom is 0.171 e. The van der Waals surface area contributed by atoms with Gasteiger partial charge in [0.2, 0.25) is 0 Å². The summed E-state index contributed by atoms with van der Waals surface area (Å²) in [5.41, 5.74) is 7.04. The third-order valence-corrected chi connectivity index (χ3v) is 13.5. The summed E-state index contributed by atoms with van der Waals surface area (Å²) >= 11 is 1.22. The largest absolute Gasteiger partial charge is 0.309 e. The lowest BCUT2D eigenvalue weighted by Gasteiger charge is -2.20. The van der Waals surface area contributed by atoms with Crippen LogP contribution in [0, 0.1) is 0 Å². The summed E-state index contributed by atoms with van der Waals surface area (Å²) in [7, 11) is -3.14. The van der Waals surface area contributed by atoms with Crippen LogP contribution in [0.25, 0.3) is 78.1 Å². The number of benzene rings is 7. The molecule has 0 bridgehead atoms. The van der Waals surface area contributed by atoms with E-state index >= 15 is 4.57 Å². The quantitative estimate of drug-likeness (QED) is 0.118. The van der Waals surface area contributed by atoms with E-state index in [1.165, 1.54) is 11.7 Å². The summed E-state index contributed by atoms with van der Waals surface area (Å²) in [6.07, 6.45) is 0. The van der Waals surface area contributed by atoms with E-state index in [9.17, 15) is 0 Å². The SMILES string of the molecule is O=P(c1ccccc1)(c1ccccc1)c1ccc(-c2nc(-c3ccccc3)nc(-c3ccc(-c4nc5ccccc5c5c4ccc4nsnc45)cc3)n2)cc1. The van der Waals surface area contributed by atoms with E-state index in [0.29, 0.717) is 17.5 Å². The van der Waals surface area contributed by atoms with Crippen LogP contribution in [-0.4, -0.2) is 28.7 Å². The van der Waals surface area contributed by atoms with Crippen LogP contribution in [0.15, 0.2) is 176 Å². The number of hydrogen-bond acceptors (Lipinski definition) is 8. The number of para-hydroxylation sites is 1. The second-order valence-corrected chi connectivity index (χ2v) is 16.5. The van der Waals surface area contributed by atoms with E-state index in [-0.39, 0.29) is 0 Å². The number of rotatable bonds is 7. The number of pyridine rings is 1. The van der Waals surface area contributed by atoms with Crippen molar-refractivity contribution in [2.24, 2.45) is 0 Å². The smallest absolute Gasteiger partial charge is 0.171 e. The Labute approximate surface area is 320 Å². The molecule has 0 aliphatic carbocycles. The molecule has 260 valence electrons. The first-order valence-electron chi connectivity index (χ1n) is 17.8. The predicted molar refractivity (Wildman–Crippen MR) is 225 cm³/mol. The van der Waals surface area contributed by atoms with Gasteiger partial charge in [0.05, 0.1) is 22.9 Å². The van der Waals surface area contributed by atoms with Crippen LogP contribution in [0.4, 0.5) is 0 Å². The Morgan fingerprint density at radius 1 is 0.382 bits per heavy atom. The molecule has 9 heteroatoms. The molecule has 0 N–H and O–H groups in total. The number of fused-ring (bicyclic) bond motifs is 5. The Bertz CT molecular complexity index is 3010. The lowest BCUT2D eigenvalue weighted by atomic mass is 9.98. The Balaban J connectivity index is 1.07. The van der Waals surface area contributed by atoms with Crippen LogP contribution in [0.2, 0.25) is 0 Å². The van der Waals surface area contributed by atoms with Crippen LogP contribution in [0.1, 0.15) is 0 Å². The number of aromatic nitrogens is 6. The van der Waals surface area contributed by atoms with E-state index in [1.54, 1.807) is 0 Å². The molecule has 0 spiro atoms. The molecule has 0 saturated heterocycles. The minimum absolute atomic E-state index is 0.525. The molecular weight excluding hydrogens is 716 g/mol. The van der Waals surface area contributed by atoms with Crippen molar-refractivity contribution in [1.29, 1.82) is 0 Å². The fraction of sp³-hybridized carbons (Fsp3) is 0. The topological polar surface area (TPSA) is 94.4 Å². The molecule has 3 aromatic heterocycles. The highest BCUT2D eigenvalue weighted by Crippen LogP contribution is 2.43. The van der Waals surface area contributed by atoms with E-state index in [2.05, 4.69) is 33.0 Å². The molecule has 0 aliphatic rings. The fourth-order valence-corrected chi connectivity index (χ4v) is 10.4. The third-order valence-electron chi connectivity index (χ3n) is 9.90. The van der Waals surface area contributed by atoms with E-state index < -0.39 is 7.14 Å². The molecule has 0 saturated carbocycles. The van der Waals surface area contributed by atoms with Gasteiger partial charge in [-0.3, -0.25) is 0 Å². The Morgan fingerprint density at radius 3 is 1.49 bits per heavy atom. The van der Waals surface area contributed by atoms with E-state index in [0.717, 1.165) is 76.6 Å². The molecular formula is C46H29N6OPS. The standard InChI is InChI=1S/C46H29N6OPS/c53-54(34-14-6-2-7-15-34,35-16-8-3-9-17-35)36-26-24-33(25-27-36)46-49-44(31-12-4-1-5-13-31)48-45(50-46)32-22-20-30(21-23-32)42-38-28-29-40-43(52-55-51-40)41(38)37-18-10-11-19-39(37)47-42/h1-29H. The van der Waals surface area contributed by atoms with Gasteiger partial charge in [-0.25, -0.2) is 19.9 Å². The zero-order valence-corrected chi connectivity index (χ0v) is 30.9. The molecule has 0 aliphatic heterocycles. The highest BCUT2D eigenvalue weighted by molar-refractivity contribution is 7.85. The van der Waals surface area contributed by atoms with Crippen molar-refractivity contribution in [1.82, 2.24) is 28.7 Å². The first-order valence-corrected chi connectivity index (χ1v) is 20.3. The van der Waals surface area contributed by atoms with Crippen LogP contribution in [0.3, 0.4) is 0 Å². The zero-order valence-electron chi connectivity index (χ0n) is 29.2. The normalized spacial score (nSPS) is 11.7. The zero-order chi connectivity index (χ0) is 36.8. The number of hydrogen-bond donors (Lipinski definition) is 0. The van der Waals surface area contributed by atoms with Crippen molar-refractivity contribution >= 4 is 67.5 Å². The minimum Gasteiger partial charge on any atom is -0.309 e. The van der Waals surface area contributed by atoms with Gasteiger partial charge in [-0.2, -0.15) is 8.75 Å². The van der Waals surface area contributed by atoms with Gasteiger partial charge in [0.15, 0.2) is 24.6 Å². The van der Waals surface area contributed by atoms with E-state index in [1.807, 2.05) is 152 Å². The summed E-state index contributed by atoms with van der Waals surface area (Å²) < 4.78 is 24.2. The van der Waals surface area contributed by atoms with Gasteiger partial charge in [0.1, 0.15) is 11.0 Å². The fourth-order valence-electron chi connectivity index (χ4n) is 7.18. The maximum atomic E-state index is 15.0. The van der Waals surface area contributed by atoms with Gasteiger partial charge in [0.25, 0.3) is 0 Å². The lowest BCUT2D eigenvalue weighted by molar-refractivity contribution is 0.592. The van der Waals surface area contributed by atoms with Crippen LogP contribution in [0.5, 0.6) is 0 Å². The van der Waals surface area contributed by atoms with Crippen LogP contribution < -0.4 is 15.9 Å². The van der Waals surface area contributed by atoms with Crippen molar-refractivity contribution in [3.63, 3.8) is 0 Å². The molecule has 0 atom stereocenters. The van der Waals surface area contributed by atoms with Crippen molar-refractivity contribution in [2.45, 2.75) is 0 Å². The maximum absolute atomic E-state index is 15.0. The minimum atomic E-state index is -3.14. The average molecular weight is 745 g/mol. The summed E-state index contributed by atoms with van der Waals surface area (Å²) in [6.45, 7) is 0. The summed E-state index contributed by atoms with van der Waals surface area (Å²) in [4.78, 5) is 20.0. The summed E-state index contributed by atoms with van der Waals surface area (Å²) in [5.74, 6) is 1.64. The highest BCUT2D eigenvalue weighted by atomic mass is 32.1. The molecule has 10 aromatic rings. The molecule has 55 heavy (non-hydrogen) atoms. The van der Waals surface area contributed by atoms with Crippen LogP contribution >= 0.6 is 18.9 Å². The van der Waals surface area contributed by atoms with Gasteiger partial charge in [0, 0.05) is 54.3 Å². The summed E-state index contributed by atoms with van der Waals surface area (Å²) in [6, 6.07) is 57.6. The molecule has 0 unspecified atom stereocenters. The van der Waals surface area contributed by atoms with Crippen molar-refractivity contribution < 1.29 is 4.57 Å². The van der Waals surface area contributed by atoms with Gasteiger partial charge in [-0.05, 0) is 18.2 Å². The van der Waals surface area contributed by atoms with E-state index in [4.69, 9.17) is 19.9 Å². The number of nitrogens with zero attached hydrogens (tertiary/aromatic N) is 6. The molecule has 3 heterocycles. The van der Waals surface area contributed by atoms with Crippen molar-refractivity contribution in [3.8, 4) is 45.4 Å². The lowest BCUT2D eigenvalue weighted by Crippen LogP contribution is -2.24. The molecule has 0 fully saturated rings. The first-order chi connectivity index (χ1) is 27.1. The van der Waals surface area contributed by atoms with Gasteiger partial charge < -0.3 is 4.57 Å². The Morgan fingerprint density at radius 2 is 0.873 bits per heavy atom. The monoisotopic (exact) mass is 744 g/mol. The molecule has 0 radical (unpaired) electrons. The second-order valence-electron chi connectivity index (χ2n) is 13.2. The first kappa shape index (κ1) is 32.9. The summed E-state index contributed by atoms with van der Waals surface area (Å²) in [5, 5.41) is 5.44. The average Bonchev–Trinajstić information content (AvgIpc) is 3.76. The van der Waals surface area contributed by atoms with Gasteiger partial charge in [-0.15, -0.1) is 0 Å². The van der Waals surface area contributed by atoms with Gasteiger partial charge in [-0.1, -0.05) is 158 Å². The third kappa shape index (κ3) is 5.80. The molecule has 0 amide bonds. The molecule has 10 rings (SSSR count). The van der Waals surface area contributed by atoms with Crippen molar-refractivity contribution in [3.05, 3.63) is 176 Å². The molecule has 7 nitrogen and oxygen atoms in total. The highest BCUT2D eigenvalue weighted by Gasteiger charge is 2.29. The second kappa shape index (κ2) is 13.6. The molecule has 7 aromatic carbocycles. The Kier molecular flexibility index (Phi) is 8.13. The van der Waals surface area contributed by atoms with Gasteiger partial charge >= 0.3 is 0 Å².